The predicted octanol–water partition coefficient (Wildman–Crippen LogP) is 3.12. The van der Waals surface area contributed by atoms with Crippen LogP contribution in [0.15, 0.2) is 11.4 Å². The van der Waals surface area contributed by atoms with Crippen molar-refractivity contribution in [2.24, 2.45) is 7.05 Å². The second-order valence-electron chi connectivity index (χ2n) is 5.92. The predicted molar refractivity (Wildman–Crippen MR) is 94.7 cm³/mol. The third-order valence-electron chi connectivity index (χ3n) is 4.00. The molecule has 0 saturated heterocycles. The maximum atomic E-state index is 12.2. The zero-order chi connectivity index (χ0) is 18.7. The Morgan fingerprint density at radius 2 is 1.76 bits per heavy atom. The topological polar surface area (TPSA) is 104 Å². The number of nitrogens with zero attached hydrogens (tertiary/aromatic N) is 3. The van der Waals surface area contributed by atoms with Crippen molar-refractivity contribution in [3.63, 3.8) is 0 Å². The van der Waals surface area contributed by atoms with Gasteiger partial charge in [-0.3, -0.25) is 4.79 Å². The molecule has 1 unspecified atom stereocenters. The summed E-state index contributed by atoms with van der Waals surface area (Å²) in [5, 5.41) is 11.0. The molecule has 0 aliphatic carbocycles. The molecule has 25 heavy (non-hydrogen) atoms. The van der Waals surface area contributed by atoms with Crippen LogP contribution in [-0.2, 0) is 27.4 Å². The highest BCUT2D eigenvalue weighted by molar-refractivity contribution is 7.84. The van der Waals surface area contributed by atoms with Gasteiger partial charge in [0, 0.05) is 12.2 Å². The van der Waals surface area contributed by atoms with Gasteiger partial charge < -0.3 is 14.9 Å². The lowest BCUT2D eigenvalue weighted by atomic mass is 10.1. The quantitative estimate of drug-likeness (QED) is 0.228. The molecular formula is C16H27N3O5S. The number of rotatable bonds is 13. The third-order valence-corrected chi connectivity index (χ3v) is 5.45. The van der Waals surface area contributed by atoms with E-state index in [1.165, 1.54) is 18.7 Å². The number of nitro groups is 1. The first-order chi connectivity index (χ1) is 12.0. The van der Waals surface area contributed by atoms with Gasteiger partial charge in [0.1, 0.15) is 17.0 Å². The average molecular weight is 373 g/mol. The second kappa shape index (κ2) is 11.7. The Balaban J connectivity index is 2.07. The SMILES string of the molecule is COC(=O)CCCCCCCCCCS(=O)c1ncc([N+](=O)[O-])n1C. The fourth-order valence-corrected chi connectivity index (χ4v) is 3.74. The van der Waals surface area contributed by atoms with E-state index in [4.69, 9.17) is 0 Å². The minimum absolute atomic E-state index is 0.143. The van der Waals surface area contributed by atoms with Crippen molar-refractivity contribution >= 4 is 22.6 Å². The van der Waals surface area contributed by atoms with Gasteiger partial charge in [0.25, 0.3) is 5.16 Å². The molecule has 1 rings (SSSR count). The van der Waals surface area contributed by atoms with Gasteiger partial charge in [0.05, 0.1) is 14.2 Å². The molecule has 0 aromatic carbocycles. The number of hydrogen-bond donors (Lipinski definition) is 0. The molecule has 0 fully saturated rings. The lowest BCUT2D eigenvalue weighted by Gasteiger charge is -2.02. The molecule has 1 aromatic heterocycles. The van der Waals surface area contributed by atoms with E-state index in [0.717, 1.165) is 57.6 Å². The highest BCUT2D eigenvalue weighted by Gasteiger charge is 2.20. The molecule has 0 saturated carbocycles. The van der Waals surface area contributed by atoms with E-state index in [2.05, 4.69) is 9.72 Å². The lowest BCUT2D eigenvalue weighted by Crippen LogP contribution is -2.07. The zero-order valence-corrected chi connectivity index (χ0v) is 15.8. The molecule has 0 aliphatic heterocycles. The molecule has 0 N–H and O–H groups in total. The van der Waals surface area contributed by atoms with Gasteiger partial charge >= 0.3 is 11.8 Å². The summed E-state index contributed by atoms with van der Waals surface area (Å²) in [6, 6.07) is 0. The molecule has 142 valence electrons. The van der Waals surface area contributed by atoms with Crippen molar-refractivity contribution in [2.45, 2.75) is 62.9 Å². The minimum Gasteiger partial charge on any atom is -0.469 e. The summed E-state index contributed by atoms with van der Waals surface area (Å²) >= 11 is 0. The summed E-state index contributed by atoms with van der Waals surface area (Å²) in [4.78, 5) is 25.1. The normalized spacial score (nSPS) is 12.1. The van der Waals surface area contributed by atoms with Crippen molar-refractivity contribution in [3.8, 4) is 0 Å². The Morgan fingerprint density at radius 1 is 1.20 bits per heavy atom. The average Bonchev–Trinajstić information content (AvgIpc) is 2.97. The number of unbranched alkanes of at least 4 members (excludes halogenated alkanes) is 7. The first-order valence-corrected chi connectivity index (χ1v) is 9.90. The van der Waals surface area contributed by atoms with Gasteiger partial charge in [0.2, 0.25) is 0 Å². The van der Waals surface area contributed by atoms with Crippen LogP contribution in [0.2, 0.25) is 0 Å². The molecule has 8 nitrogen and oxygen atoms in total. The first kappa shape index (κ1) is 21.3. The summed E-state index contributed by atoms with van der Waals surface area (Å²) in [6.07, 6.45) is 9.80. The smallest absolute Gasteiger partial charge is 0.343 e. The maximum absolute atomic E-state index is 12.2. The molecule has 1 heterocycles. The van der Waals surface area contributed by atoms with Crippen LogP contribution in [-0.4, -0.2) is 37.5 Å². The standard InChI is InChI=1S/C16H27N3O5S/c1-18-14(19(21)22)13-17-16(18)25(23)12-10-8-6-4-3-5-7-9-11-15(20)24-2/h13H,3-12H2,1-2H3. The fourth-order valence-electron chi connectivity index (χ4n) is 2.52. The number of ether oxygens (including phenoxy) is 1. The van der Waals surface area contributed by atoms with E-state index < -0.39 is 15.7 Å². The van der Waals surface area contributed by atoms with Gasteiger partial charge in [0.15, 0.2) is 0 Å². The summed E-state index contributed by atoms with van der Waals surface area (Å²) in [5.74, 6) is 0.183. The van der Waals surface area contributed by atoms with Crippen LogP contribution in [0.25, 0.3) is 0 Å². The number of hydrogen-bond acceptors (Lipinski definition) is 6. The molecule has 1 aromatic rings. The third kappa shape index (κ3) is 7.76. The largest absolute Gasteiger partial charge is 0.469 e. The van der Waals surface area contributed by atoms with Gasteiger partial charge in [-0.05, 0) is 17.8 Å². The van der Waals surface area contributed by atoms with E-state index in [1.807, 2.05) is 0 Å². The van der Waals surface area contributed by atoms with E-state index in [0.29, 0.717) is 12.2 Å². The Labute approximate surface area is 150 Å². The minimum atomic E-state index is -1.30. The number of aromatic nitrogens is 2. The van der Waals surface area contributed by atoms with Crippen molar-refractivity contribution in [2.75, 3.05) is 12.9 Å². The van der Waals surface area contributed by atoms with Crippen LogP contribution in [0, 0.1) is 10.1 Å². The van der Waals surface area contributed by atoms with Crippen molar-refractivity contribution in [3.05, 3.63) is 16.3 Å². The number of carbonyl (C=O) groups excluding carboxylic acids is 1. The zero-order valence-electron chi connectivity index (χ0n) is 14.9. The summed E-state index contributed by atoms with van der Waals surface area (Å²) < 4.78 is 18.0. The van der Waals surface area contributed by atoms with Crippen LogP contribution >= 0.6 is 0 Å². The highest BCUT2D eigenvalue weighted by Crippen LogP contribution is 2.16. The lowest BCUT2D eigenvalue weighted by molar-refractivity contribution is -0.392. The molecule has 1 atom stereocenters. The summed E-state index contributed by atoms with van der Waals surface area (Å²) in [6.45, 7) is 0. The van der Waals surface area contributed by atoms with Crippen LogP contribution in [0.4, 0.5) is 5.82 Å². The van der Waals surface area contributed by atoms with Crippen molar-refractivity contribution in [1.29, 1.82) is 0 Å². The first-order valence-electron chi connectivity index (χ1n) is 8.58. The van der Waals surface area contributed by atoms with E-state index in [-0.39, 0.29) is 16.9 Å². The Kier molecular flexibility index (Phi) is 9.98. The van der Waals surface area contributed by atoms with E-state index in [1.54, 1.807) is 0 Å². The number of methoxy groups -OCH3 is 1. The summed E-state index contributed by atoms with van der Waals surface area (Å²) in [5.41, 5.74) is 0. The van der Waals surface area contributed by atoms with Crippen LogP contribution in [0.5, 0.6) is 0 Å². The number of carbonyl (C=O) groups is 1. The molecule has 0 amide bonds. The van der Waals surface area contributed by atoms with Gasteiger partial charge in [-0.25, -0.2) is 13.8 Å². The molecule has 0 bridgehead atoms. The van der Waals surface area contributed by atoms with Crippen molar-refractivity contribution < 1.29 is 18.7 Å². The fraction of sp³-hybridized carbons (Fsp3) is 0.750. The van der Waals surface area contributed by atoms with E-state index >= 15 is 0 Å². The van der Waals surface area contributed by atoms with Crippen LogP contribution < -0.4 is 0 Å². The molecule has 9 heteroatoms. The van der Waals surface area contributed by atoms with Gasteiger partial charge in [-0.2, -0.15) is 0 Å². The maximum Gasteiger partial charge on any atom is 0.343 e. The van der Waals surface area contributed by atoms with Crippen LogP contribution in [0.1, 0.15) is 57.8 Å². The van der Waals surface area contributed by atoms with Crippen LogP contribution in [0.3, 0.4) is 0 Å². The molecule has 0 spiro atoms. The van der Waals surface area contributed by atoms with Gasteiger partial charge in [-0.15, -0.1) is 0 Å². The molecule has 0 radical (unpaired) electrons. The monoisotopic (exact) mass is 373 g/mol. The Morgan fingerprint density at radius 3 is 2.28 bits per heavy atom. The van der Waals surface area contributed by atoms with Crippen molar-refractivity contribution in [1.82, 2.24) is 9.55 Å². The van der Waals surface area contributed by atoms with Gasteiger partial charge in [-0.1, -0.05) is 38.5 Å². The number of imidazole rings is 1. The molecular weight excluding hydrogens is 346 g/mol. The van der Waals surface area contributed by atoms with E-state index in [9.17, 15) is 19.1 Å². The number of esters is 1. The molecule has 0 aliphatic rings. The Hall–Kier alpha value is -1.77. The second-order valence-corrected chi connectivity index (χ2v) is 7.38. The Bertz CT molecular complexity index is 588. The highest BCUT2D eigenvalue weighted by atomic mass is 32.2. The summed E-state index contributed by atoms with van der Waals surface area (Å²) in [7, 11) is 1.62.